The van der Waals surface area contributed by atoms with E-state index in [4.69, 9.17) is 14.5 Å². The van der Waals surface area contributed by atoms with Crippen LogP contribution in [0.3, 0.4) is 0 Å². The number of hydrogen-bond donors (Lipinski definition) is 0. The summed E-state index contributed by atoms with van der Waals surface area (Å²) < 4.78 is 28.5. The highest BCUT2D eigenvalue weighted by molar-refractivity contribution is 5.89. The quantitative estimate of drug-likeness (QED) is 0.350. The van der Waals surface area contributed by atoms with Gasteiger partial charge in [-0.25, -0.2) is 14.2 Å². The van der Waals surface area contributed by atoms with Crippen LogP contribution >= 0.6 is 0 Å². The average molecular weight is 491 g/mol. The lowest BCUT2D eigenvalue weighted by atomic mass is 9.88. The Bertz CT molecular complexity index is 1450. The van der Waals surface area contributed by atoms with Crippen LogP contribution in [-0.4, -0.2) is 51.6 Å². The summed E-state index contributed by atoms with van der Waals surface area (Å²) in [6.45, 7) is 6.66. The molecular weight excluding hydrogens is 459 g/mol. The van der Waals surface area contributed by atoms with Crippen LogP contribution in [-0.2, 0) is 11.8 Å². The zero-order chi connectivity index (χ0) is 25.6. The Morgan fingerprint density at radius 1 is 1.08 bits per heavy atom. The number of nitrogens with zero attached hydrogens (tertiary/aromatic N) is 4. The van der Waals surface area contributed by atoms with Crippen molar-refractivity contribution in [2.75, 3.05) is 20.2 Å². The number of hydrogen-bond acceptors (Lipinski definition) is 5. The zero-order valence-electron chi connectivity index (χ0n) is 21.3. The minimum atomic E-state index is -0.530. The van der Waals surface area contributed by atoms with Gasteiger partial charge in [0.05, 0.1) is 23.8 Å². The maximum atomic E-state index is 15.6. The Morgan fingerprint density at radius 2 is 1.83 bits per heavy atom. The van der Waals surface area contributed by atoms with Crippen LogP contribution in [0.25, 0.3) is 33.1 Å². The van der Waals surface area contributed by atoms with Crippen LogP contribution in [0.15, 0.2) is 42.6 Å². The molecule has 1 saturated heterocycles. The molecule has 0 saturated carbocycles. The molecule has 2 aromatic carbocycles. The van der Waals surface area contributed by atoms with Gasteiger partial charge >= 0.3 is 6.09 Å². The first-order valence-corrected chi connectivity index (χ1v) is 12.2. The van der Waals surface area contributed by atoms with E-state index in [2.05, 4.69) is 5.10 Å². The molecular formula is C28H31FN4O3. The molecule has 0 N–H and O–H groups in total. The molecule has 7 nitrogen and oxygen atoms in total. The first-order valence-electron chi connectivity index (χ1n) is 12.2. The van der Waals surface area contributed by atoms with Crippen molar-refractivity contribution in [3.8, 4) is 17.0 Å². The van der Waals surface area contributed by atoms with Gasteiger partial charge in [0.1, 0.15) is 17.2 Å². The Morgan fingerprint density at radius 3 is 2.53 bits per heavy atom. The third kappa shape index (κ3) is 4.59. The van der Waals surface area contributed by atoms with Gasteiger partial charge in [0.25, 0.3) is 0 Å². The van der Waals surface area contributed by atoms with Gasteiger partial charge < -0.3 is 14.4 Å². The summed E-state index contributed by atoms with van der Waals surface area (Å²) in [7, 11) is 3.50. The van der Waals surface area contributed by atoms with Crippen molar-refractivity contribution in [1.82, 2.24) is 19.7 Å². The van der Waals surface area contributed by atoms with Crippen molar-refractivity contribution in [2.24, 2.45) is 7.05 Å². The lowest BCUT2D eigenvalue weighted by molar-refractivity contribution is 0.0204. The van der Waals surface area contributed by atoms with Crippen molar-refractivity contribution in [3.05, 3.63) is 54.0 Å². The van der Waals surface area contributed by atoms with Crippen molar-refractivity contribution >= 4 is 27.9 Å². The first-order chi connectivity index (χ1) is 17.1. The van der Waals surface area contributed by atoms with E-state index in [0.717, 1.165) is 16.5 Å². The zero-order valence-corrected chi connectivity index (χ0v) is 21.3. The van der Waals surface area contributed by atoms with Crippen molar-refractivity contribution < 1.29 is 18.7 Å². The highest BCUT2D eigenvalue weighted by Crippen LogP contribution is 2.36. The van der Waals surface area contributed by atoms with Gasteiger partial charge in [0.15, 0.2) is 0 Å². The van der Waals surface area contributed by atoms with Gasteiger partial charge in [-0.05, 0) is 69.4 Å². The molecule has 1 aliphatic heterocycles. The molecule has 1 amide bonds. The van der Waals surface area contributed by atoms with E-state index in [0.29, 0.717) is 53.8 Å². The van der Waals surface area contributed by atoms with Gasteiger partial charge in [-0.2, -0.15) is 5.10 Å². The van der Waals surface area contributed by atoms with Crippen molar-refractivity contribution in [3.63, 3.8) is 0 Å². The van der Waals surface area contributed by atoms with Crippen LogP contribution in [0.2, 0.25) is 0 Å². The molecule has 0 aliphatic carbocycles. The summed E-state index contributed by atoms with van der Waals surface area (Å²) in [6, 6.07) is 11.2. The summed E-state index contributed by atoms with van der Waals surface area (Å²) in [5.74, 6) is 0.472. The molecule has 0 spiro atoms. The van der Waals surface area contributed by atoms with Crippen molar-refractivity contribution in [1.29, 1.82) is 0 Å². The van der Waals surface area contributed by atoms with Gasteiger partial charge in [-0.3, -0.25) is 4.68 Å². The highest BCUT2D eigenvalue weighted by Gasteiger charge is 2.29. The Balaban J connectivity index is 1.40. The number of carbonyl (C=O) groups is 1. The van der Waals surface area contributed by atoms with E-state index in [1.807, 2.05) is 64.3 Å². The van der Waals surface area contributed by atoms with E-state index < -0.39 is 5.60 Å². The molecule has 1 aliphatic rings. The van der Waals surface area contributed by atoms with E-state index in [-0.39, 0.29) is 17.8 Å². The molecule has 2 aromatic heterocycles. The molecule has 0 atom stereocenters. The lowest BCUT2D eigenvalue weighted by Crippen LogP contribution is -2.41. The average Bonchev–Trinajstić information content (AvgIpc) is 3.21. The number of likely N-dealkylation sites (tertiary alicyclic amines) is 1. The number of ether oxygens (including phenoxy) is 2. The number of halogens is 1. The maximum Gasteiger partial charge on any atom is 0.410 e. The number of pyridine rings is 1. The maximum absolute atomic E-state index is 15.6. The third-order valence-electron chi connectivity index (χ3n) is 6.64. The number of aromatic nitrogens is 3. The normalized spacial score (nSPS) is 15.0. The predicted octanol–water partition coefficient (Wildman–Crippen LogP) is 6.05. The van der Waals surface area contributed by atoms with E-state index in [1.165, 1.54) is 0 Å². The number of piperidine rings is 1. The van der Waals surface area contributed by atoms with Gasteiger partial charge in [0, 0.05) is 48.7 Å². The van der Waals surface area contributed by atoms with Crippen LogP contribution < -0.4 is 4.74 Å². The first kappa shape index (κ1) is 24.0. The molecule has 1 fully saturated rings. The number of aryl methyl sites for hydroxylation is 1. The van der Waals surface area contributed by atoms with E-state index in [1.54, 1.807) is 22.8 Å². The topological polar surface area (TPSA) is 69.5 Å². The lowest BCUT2D eigenvalue weighted by Gasteiger charge is -2.33. The summed E-state index contributed by atoms with van der Waals surface area (Å²) in [4.78, 5) is 18.9. The molecule has 36 heavy (non-hydrogen) atoms. The van der Waals surface area contributed by atoms with Crippen LogP contribution in [0.4, 0.5) is 9.18 Å². The molecule has 0 unspecified atom stereocenters. The molecule has 3 heterocycles. The Hall–Kier alpha value is -3.68. The fraction of sp³-hybridized carbons (Fsp3) is 0.393. The molecule has 0 radical (unpaired) electrons. The number of methoxy groups -OCH3 is 1. The second-order valence-corrected chi connectivity index (χ2v) is 10.4. The Labute approximate surface area is 209 Å². The van der Waals surface area contributed by atoms with Crippen LogP contribution in [0.5, 0.6) is 5.75 Å². The predicted molar refractivity (Wildman–Crippen MR) is 138 cm³/mol. The fourth-order valence-electron chi connectivity index (χ4n) is 4.89. The minimum absolute atomic E-state index is 0.0424. The number of carbonyl (C=O) groups excluding carboxylic acids is 1. The number of amides is 1. The fourth-order valence-corrected chi connectivity index (χ4v) is 4.89. The highest BCUT2D eigenvalue weighted by atomic mass is 19.1. The summed E-state index contributed by atoms with van der Waals surface area (Å²) in [6.07, 6.45) is 3.02. The second-order valence-electron chi connectivity index (χ2n) is 10.4. The second kappa shape index (κ2) is 9.08. The largest absolute Gasteiger partial charge is 0.496 e. The monoisotopic (exact) mass is 490 g/mol. The number of fused-ring (bicyclic) bond motifs is 2. The van der Waals surface area contributed by atoms with Gasteiger partial charge in [-0.1, -0.05) is 6.07 Å². The van der Waals surface area contributed by atoms with Gasteiger partial charge in [0.2, 0.25) is 0 Å². The number of benzene rings is 2. The van der Waals surface area contributed by atoms with Crippen LogP contribution in [0.1, 0.15) is 45.1 Å². The summed E-state index contributed by atoms with van der Waals surface area (Å²) >= 11 is 0. The third-order valence-corrected chi connectivity index (χ3v) is 6.64. The molecule has 4 aromatic rings. The molecule has 188 valence electrons. The Kier molecular flexibility index (Phi) is 6.06. The number of rotatable bonds is 3. The van der Waals surface area contributed by atoms with Crippen molar-refractivity contribution in [2.45, 2.75) is 45.1 Å². The smallest absolute Gasteiger partial charge is 0.410 e. The minimum Gasteiger partial charge on any atom is -0.496 e. The van der Waals surface area contributed by atoms with E-state index >= 15 is 4.39 Å². The molecule has 5 rings (SSSR count). The molecule has 0 bridgehead atoms. The van der Waals surface area contributed by atoms with Crippen LogP contribution in [0, 0.1) is 5.82 Å². The van der Waals surface area contributed by atoms with E-state index in [9.17, 15) is 4.79 Å². The molecule has 8 heteroatoms. The summed E-state index contributed by atoms with van der Waals surface area (Å²) in [5.41, 5.74) is 3.12. The standard InChI is InChI=1S/C28H31FN4O3/c1-28(2,3)36-27(34)33-12-10-17(11-13-33)19-6-8-22-20(26(19)29)7-9-23(30-22)21-14-18-16-32(4)31-24(18)15-25(21)35-5/h6-9,14-17H,10-13H2,1-5H3. The SMILES string of the molecule is COc1cc2nn(C)cc2cc1-c1ccc2c(F)c(C3CCN(C(=O)OC(C)(C)C)CC3)ccc2n1. The van der Waals surface area contributed by atoms with Gasteiger partial charge in [-0.15, -0.1) is 0 Å². The summed E-state index contributed by atoms with van der Waals surface area (Å²) in [5, 5.41) is 5.91.